The smallest absolute Gasteiger partial charge is 0.312 e. The molecular weight excluding hydrogens is 424 g/mol. The average Bonchev–Trinajstić information content (AvgIpc) is 3.42. The third-order valence-corrected chi connectivity index (χ3v) is 5.39. The van der Waals surface area contributed by atoms with E-state index in [1.807, 2.05) is 47.8 Å². The van der Waals surface area contributed by atoms with Crippen LogP contribution >= 0.6 is 22.9 Å². The molecule has 152 valence electrons. The van der Waals surface area contributed by atoms with E-state index in [2.05, 4.69) is 9.97 Å². The maximum atomic E-state index is 12.2. The van der Waals surface area contributed by atoms with Crippen molar-refractivity contribution in [3.8, 4) is 27.8 Å². The van der Waals surface area contributed by atoms with E-state index >= 15 is 0 Å². The highest BCUT2D eigenvalue weighted by Crippen LogP contribution is 2.26. The molecule has 0 atom stereocenters. The van der Waals surface area contributed by atoms with Crippen molar-refractivity contribution in [1.82, 2.24) is 9.97 Å². The largest absolute Gasteiger partial charge is 0.497 e. The summed E-state index contributed by atoms with van der Waals surface area (Å²) < 4.78 is 15.9. The predicted octanol–water partition coefficient (Wildman–Crippen LogP) is 5.41. The number of nitrogens with zero attached hydrogens (tertiary/aromatic N) is 2. The molecule has 0 saturated carbocycles. The molecule has 4 rings (SSSR count). The molecular formula is C22H17ClN2O4S. The number of ether oxygens (including phenoxy) is 2. The molecule has 2 aromatic heterocycles. The van der Waals surface area contributed by atoms with Crippen molar-refractivity contribution in [2.75, 3.05) is 7.11 Å². The number of benzene rings is 2. The van der Waals surface area contributed by atoms with Gasteiger partial charge in [0.05, 0.1) is 19.2 Å². The molecule has 6 nitrogen and oxygen atoms in total. The van der Waals surface area contributed by atoms with Crippen LogP contribution in [0.3, 0.4) is 0 Å². The Morgan fingerprint density at radius 3 is 2.70 bits per heavy atom. The van der Waals surface area contributed by atoms with Crippen LogP contribution in [-0.2, 0) is 22.6 Å². The SMILES string of the molecule is COc1ccc(-c2nc(COC(=O)Cc3csc(-c4cccc(Cl)c4)n3)co2)cc1. The van der Waals surface area contributed by atoms with Crippen LogP contribution in [0.5, 0.6) is 5.75 Å². The lowest BCUT2D eigenvalue weighted by Gasteiger charge is -2.01. The van der Waals surface area contributed by atoms with Crippen LogP contribution in [-0.4, -0.2) is 23.0 Å². The zero-order chi connectivity index (χ0) is 20.9. The molecule has 0 spiro atoms. The van der Waals surface area contributed by atoms with Crippen LogP contribution in [0.25, 0.3) is 22.0 Å². The molecule has 0 unspecified atom stereocenters. The Bertz CT molecular complexity index is 1150. The van der Waals surface area contributed by atoms with Gasteiger partial charge in [-0.25, -0.2) is 9.97 Å². The lowest BCUT2D eigenvalue weighted by atomic mass is 10.2. The molecule has 2 heterocycles. The van der Waals surface area contributed by atoms with Crippen molar-refractivity contribution < 1.29 is 18.7 Å². The molecule has 0 aliphatic carbocycles. The highest BCUT2D eigenvalue weighted by molar-refractivity contribution is 7.13. The molecule has 0 fully saturated rings. The van der Waals surface area contributed by atoms with Crippen molar-refractivity contribution >= 4 is 28.9 Å². The van der Waals surface area contributed by atoms with E-state index in [0.29, 0.717) is 22.3 Å². The summed E-state index contributed by atoms with van der Waals surface area (Å²) in [6, 6.07) is 14.8. The van der Waals surface area contributed by atoms with Gasteiger partial charge in [-0.05, 0) is 36.4 Å². The molecule has 0 radical (unpaired) electrons. The number of thiazole rings is 1. The van der Waals surface area contributed by atoms with E-state index in [1.165, 1.54) is 17.6 Å². The molecule has 30 heavy (non-hydrogen) atoms. The number of aromatic nitrogens is 2. The molecule has 0 saturated heterocycles. The van der Waals surface area contributed by atoms with Gasteiger partial charge in [0.1, 0.15) is 29.3 Å². The van der Waals surface area contributed by atoms with Crippen molar-refractivity contribution in [3.05, 3.63) is 76.6 Å². The quantitative estimate of drug-likeness (QED) is 0.357. The average molecular weight is 441 g/mol. The number of methoxy groups -OCH3 is 1. The normalized spacial score (nSPS) is 10.7. The summed E-state index contributed by atoms with van der Waals surface area (Å²) in [6.45, 7) is 0.0315. The van der Waals surface area contributed by atoms with Gasteiger partial charge in [-0.3, -0.25) is 4.79 Å². The number of oxazole rings is 1. The molecule has 4 aromatic rings. The van der Waals surface area contributed by atoms with Gasteiger partial charge in [-0.1, -0.05) is 23.7 Å². The number of carbonyl (C=O) groups excluding carboxylic acids is 1. The minimum Gasteiger partial charge on any atom is -0.497 e. The summed E-state index contributed by atoms with van der Waals surface area (Å²) in [4.78, 5) is 21.0. The maximum Gasteiger partial charge on any atom is 0.312 e. The number of hydrogen-bond donors (Lipinski definition) is 0. The van der Waals surface area contributed by atoms with Crippen LogP contribution in [0, 0.1) is 0 Å². The second kappa shape index (κ2) is 9.11. The zero-order valence-corrected chi connectivity index (χ0v) is 17.6. The van der Waals surface area contributed by atoms with Gasteiger partial charge in [-0.2, -0.15) is 0 Å². The minimum absolute atomic E-state index is 0.0315. The standard InChI is InChI=1S/C22H17ClN2O4S/c1-27-19-7-5-14(6-8-19)21-24-18(12-29-21)11-28-20(26)10-17-13-30-22(25-17)15-3-2-4-16(23)9-15/h2-9,12-13H,10-11H2,1H3. The second-order valence-electron chi connectivity index (χ2n) is 6.36. The molecule has 0 aliphatic heterocycles. The molecule has 0 N–H and O–H groups in total. The molecule has 0 bridgehead atoms. The first-order valence-corrected chi connectivity index (χ1v) is 10.3. The fourth-order valence-corrected chi connectivity index (χ4v) is 3.74. The van der Waals surface area contributed by atoms with Crippen LogP contribution in [0.4, 0.5) is 0 Å². The van der Waals surface area contributed by atoms with Gasteiger partial charge >= 0.3 is 5.97 Å². The van der Waals surface area contributed by atoms with E-state index in [0.717, 1.165) is 21.9 Å². The molecule has 0 amide bonds. The first-order valence-electron chi connectivity index (χ1n) is 9.05. The van der Waals surface area contributed by atoms with Crippen molar-refractivity contribution in [2.45, 2.75) is 13.0 Å². The lowest BCUT2D eigenvalue weighted by molar-refractivity contribution is -0.144. The first-order chi connectivity index (χ1) is 14.6. The Labute approximate surface area is 182 Å². The summed E-state index contributed by atoms with van der Waals surface area (Å²) in [5, 5.41) is 3.29. The maximum absolute atomic E-state index is 12.2. The first kappa shape index (κ1) is 20.1. The Morgan fingerprint density at radius 1 is 1.10 bits per heavy atom. The van der Waals surface area contributed by atoms with E-state index in [4.69, 9.17) is 25.5 Å². The Kier molecular flexibility index (Phi) is 6.11. The summed E-state index contributed by atoms with van der Waals surface area (Å²) in [7, 11) is 1.61. The molecule has 8 heteroatoms. The Hall–Kier alpha value is -3.16. The number of hydrogen-bond acceptors (Lipinski definition) is 7. The highest BCUT2D eigenvalue weighted by atomic mass is 35.5. The molecule has 0 aliphatic rings. The Morgan fingerprint density at radius 2 is 1.93 bits per heavy atom. The number of halogens is 1. The summed E-state index contributed by atoms with van der Waals surface area (Å²) >= 11 is 7.48. The van der Waals surface area contributed by atoms with Crippen LogP contribution in [0.15, 0.2) is 64.6 Å². The van der Waals surface area contributed by atoms with Gasteiger partial charge in [0, 0.05) is 21.5 Å². The van der Waals surface area contributed by atoms with E-state index in [9.17, 15) is 4.79 Å². The lowest BCUT2D eigenvalue weighted by Crippen LogP contribution is -2.08. The van der Waals surface area contributed by atoms with Gasteiger partial charge in [0.25, 0.3) is 0 Å². The van der Waals surface area contributed by atoms with E-state index in [-0.39, 0.29) is 19.0 Å². The summed E-state index contributed by atoms with van der Waals surface area (Å²) in [6.07, 6.45) is 1.56. The topological polar surface area (TPSA) is 74.5 Å². The van der Waals surface area contributed by atoms with Gasteiger partial charge in [0.2, 0.25) is 5.89 Å². The minimum atomic E-state index is -0.382. The summed E-state index contributed by atoms with van der Waals surface area (Å²) in [5.74, 6) is 0.821. The van der Waals surface area contributed by atoms with Gasteiger partial charge < -0.3 is 13.9 Å². The van der Waals surface area contributed by atoms with Crippen LogP contribution < -0.4 is 4.74 Å². The van der Waals surface area contributed by atoms with Crippen molar-refractivity contribution in [1.29, 1.82) is 0 Å². The van der Waals surface area contributed by atoms with Gasteiger partial charge in [0.15, 0.2) is 0 Å². The van der Waals surface area contributed by atoms with Crippen LogP contribution in [0.1, 0.15) is 11.4 Å². The Balaban J connectivity index is 1.32. The third kappa shape index (κ3) is 4.87. The fraction of sp³-hybridized carbons (Fsp3) is 0.136. The molecule has 2 aromatic carbocycles. The summed E-state index contributed by atoms with van der Waals surface area (Å²) in [5.41, 5.74) is 2.91. The highest BCUT2D eigenvalue weighted by Gasteiger charge is 2.13. The second-order valence-corrected chi connectivity index (χ2v) is 7.66. The van der Waals surface area contributed by atoms with Crippen molar-refractivity contribution in [2.24, 2.45) is 0 Å². The van der Waals surface area contributed by atoms with Crippen LogP contribution in [0.2, 0.25) is 5.02 Å². The number of rotatable bonds is 7. The fourth-order valence-electron chi connectivity index (χ4n) is 2.74. The van der Waals surface area contributed by atoms with E-state index in [1.54, 1.807) is 13.2 Å². The monoisotopic (exact) mass is 440 g/mol. The number of esters is 1. The third-order valence-electron chi connectivity index (χ3n) is 4.22. The predicted molar refractivity (Wildman–Crippen MR) is 115 cm³/mol. The van der Waals surface area contributed by atoms with Gasteiger partial charge in [-0.15, -0.1) is 11.3 Å². The zero-order valence-electron chi connectivity index (χ0n) is 16.0. The van der Waals surface area contributed by atoms with Crippen molar-refractivity contribution in [3.63, 3.8) is 0 Å². The van der Waals surface area contributed by atoms with E-state index < -0.39 is 0 Å². The number of carbonyl (C=O) groups is 1.